The molecule has 0 aromatic heterocycles. The number of carbonyl (C=O) groups excluding carboxylic acids is 3. The van der Waals surface area contributed by atoms with Gasteiger partial charge in [-0.1, -0.05) is 60.1 Å². The second kappa shape index (κ2) is 8.05. The smallest absolute Gasteiger partial charge is 0.271 e. The number of hydrogen-bond donors (Lipinski definition) is 1. The van der Waals surface area contributed by atoms with Gasteiger partial charge in [0, 0.05) is 19.4 Å². The van der Waals surface area contributed by atoms with E-state index in [1.54, 1.807) is 36.4 Å². The van der Waals surface area contributed by atoms with Crippen LogP contribution in [-0.2, 0) is 16.1 Å². The molecule has 3 amide bonds. The molecule has 2 heterocycles. The largest absolute Gasteiger partial charge is 0.321 e. The maximum absolute atomic E-state index is 14.0. The minimum absolute atomic E-state index is 0.155. The Bertz CT molecular complexity index is 1280. The summed E-state index contributed by atoms with van der Waals surface area (Å²) in [7, 11) is 0. The predicted octanol–water partition coefficient (Wildman–Crippen LogP) is 4.77. The third kappa shape index (κ3) is 3.38. The van der Waals surface area contributed by atoms with Gasteiger partial charge in [-0.2, -0.15) is 0 Å². The number of para-hydroxylation sites is 1. The fourth-order valence-corrected chi connectivity index (χ4v) is 5.00. The fourth-order valence-electron chi connectivity index (χ4n) is 4.71. The summed E-state index contributed by atoms with van der Waals surface area (Å²) >= 11 is 6.38. The number of benzene rings is 3. The molecule has 1 N–H and O–H groups in total. The molecule has 2 aliphatic heterocycles. The number of nitrogens with zero attached hydrogens (tertiary/aromatic N) is 2. The summed E-state index contributed by atoms with van der Waals surface area (Å²) in [5.74, 6) is -0.943. The lowest BCUT2D eigenvalue weighted by molar-refractivity contribution is -0.129. The van der Waals surface area contributed by atoms with Gasteiger partial charge in [-0.05, 0) is 42.3 Å². The van der Waals surface area contributed by atoms with Gasteiger partial charge in [0.15, 0.2) is 0 Å². The molecule has 7 heteroatoms. The summed E-state index contributed by atoms with van der Waals surface area (Å²) in [4.78, 5) is 43.8. The van der Waals surface area contributed by atoms with Crippen molar-refractivity contribution in [2.75, 3.05) is 10.2 Å². The quantitative estimate of drug-likeness (QED) is 0.611. The van der Waals surface area contributed by atoms with Crippen molar-refractivity contribution in [3.8, 4) is 0 Å². The summed E-state index contributed by atoms with van der Waals surface area (Å²) in [5, 5.41) is 3.29. The van der Waals surface area contributed by atoms with Crippen molar-refractivity contribution in [3.05, 3.63) is 94.5 Å². The molecule has 0 spiro atoms. The minimum Gasteiger partial charge on any atom is -0.321 e. The van der Waals surface area contributed by atoms with E-state index in [0.717, 1.165) is 11.1 Å². The lowest BCUT2D eigenvalue weighted by Gasteiger charge is -2.49. The van der Waals surface area contributed by atoms with Gasteiger partial charge >= 0.3 is 0 Å². The molecular weight excluding hydrogens is 438 g/mol. The number of fused-ring (bicyclic) bond motifs is 3. The van der Waals surface area contributed by atoms with Crippen LogP contribution in [0.1, 0.15) is 34.3 Å². The topological polar surface area (TPSA) is 69.7 Å². The highest BCUT2D eigenvalue weighted by Crippen LogP contribution is 2.45. The van der Waals surface area contributed by atoms with Crippen LogP contribution in [0.2, 0.25) is 5.02 Å². The van der Waals surface area contributed by atoms with Gasteiger partial charge in [0.25, 0.3) is 11.8 Å². The Labute approximate surface area is 196 Å². The van der Waals surface area contributed by atoms with Crippen LogP contribution < -0.4 is 10.2 Å². The average Bonchev–Trinajstić information content (AvgIpc) is 3.17. The van der Waals surface area contributed by atoms with Crippen molar-refractivity contribution >= 4 is 40.7 Å². The molecule has 1 atom stereocenters. The van der Waals surface area contributed by atoms with E-state index in [1.165, 1.54) is 9.80 Å². The Kier molecular flexibility index (Phi) is 5.17. The predicted molar refractivity (Wildman–Crippen MR) is 127 cm³/mol. The molecule has 0 saturated carbocycles. The Balaban J connectivity index is 1.65. The van der Waals surface area contributed by atoms with E-state index in [2.05, 4.69) is 5.32 Å². The normalized spacial score (nSPS) is 19.3. The van der Waals surface area contributed by atoms with E-state index < -0.39 is 11.6 Å². The maximum Gasteiger partial charge on any atom is 0.271 e. The highest BCUT2D eigenvalue weighted by atomic mass is 35.5. The molecule has 0 unspecified atom stereocenters. The standard InChI is InChI=1S/C26H22ClN3O3/c1-17-11-12-21(20(27)15-17)28-25(33)26-14-13-23(31)30(26)22-10-6-5-9-19(22)24(32)29(26)16-18-7-3-2-4-8-18/h2-12,15H,13-14,16H2,1H3,(H,28,33)/t26-/m1/s1. The van der Waals surface area contributed by atoms with E-state index in [1.807, 2.05) is 43.3 Å². The first-order valence-electron chi connectivity index (χ1n) is 10.8. The molecule has 0 radical (unpaired) electrons. The first-order valence-corrected chi connectivity index (χ1v) is 11.2. The van der Waals surface area contributed by atoms with Crippen LogP contribution in [0.15, 0.2) is 72.8 Å². The monoisotopic (exact) mass is 459 g/mol. The molecular formula is C26H22ClN3O3. The Hall–Kier alpha value is -3.64. The van der Waals surface area contributed by atoms with Crippen molar-refractivity contribution in [1.82, 2.24) is 4.90 Å². The van der Waals surface area contributed by atoms with Gasteiger partial charge in [-0.15, -0.1) is 0 Å². The second-order valence-corrected chi connectivity index (χ2v) is 8.78. The molecule has 166 valence electrons. The SMILES string of the molecule is Cc1ccc(NC(=O)[C@@]23CCC(=O)N2c2ccccc2C(=O)N3Cc2ccccc2)c(Cl)c1. The number of rotatable bonds is 4. The lowest BCUT2D eigenvalue weighted by atomic mass is 9.94. The third-order valence-electron chi connectivity index (χ3n) is 6.29. The van der Waals surface area contributed by atoms with Crippen LogP contribution in [0.3, 0.4) is 0 Å². The Morgan fingerprint density at radius 1 is 1.03 bits per heavy atom. The molecule has 3 aromatic carbocycles. The van der Waals surface area contributed by atoms with Gasteiger partial charge in [0.05, 0.1) is 22.0 Å². The van der Waals surface area contributed by atoms with Crippen LogP contribution in [0.4, 0.5) is 11.4 Å². The van der Waals surface area contributed by atoms with E-state index in [-0.39, 0.29) is 31.2 Å². The van der Waals surface area contributed by atoms with Crippen LogP contribution in [0.25, 0.3) is 0 Å². The number of halogens is 1. The van der Waals surface area contributed by atoms with Crippen molar-refractivity contribution in [2.24, 2.45) is 0 Å². The number of nitrogens with one attached hydrogen (secondary N) is 1. The molecule has 6 nitrogen and oxygen atoms in total. The van der Waals surface area contributed by atoms with Gasteiger partial charge in [-0.25, -0.2) is 0 Å². The highest BCUT2D eigenvalue weighted by molar-refractivity contribution is 6.34. The van der Waals surface area contributed by atoms with Crippen molar-refractivity contribution < 1.29 is 14.4 Å². The van der Waals surface area contributed by atoms with E-state index in [4.69, 9.17) is 11.6 Å². The van der Waals surface area contributed by atoms with E-state index >= 15 is 0 Å². The molecule has 2 aliphatic rings. The fraction of sp³-hybridized carbons (Fsp3) is 0.192. The number of carbonyl (C=O) groups is 3. The molecule has 0 aliphatic carbocycles. The molecule has 1 saturated heterocycles. The van der Waals surface area contributed by atoms with E-state index in [9.17, 15) is 14.4 Å². The summed E-state index contributed by atoms with van der Waals surface area (Å²) < 4.78 is 0. The van der Waals surface area contributed by atoms with Crippen molar-refractivity contribution in [3.63, 3.8) is 0 Å². The van der Waals surface area contributed by atoms with Gasteiger partial charge in [-0.3, -0.25) is 19.3 Å². The van der Waals surface area contributed by atoms with E-state index in [0.29, 0.717) is 22.0 Å². The molecule has 1 fully saturated rings. The van der Waals surface area contributed by atoms with Crippen LogP contribution in [0.5, 0.6) is 0 Å². The Morgan fingerprint density at radius 2 is 1.76 bits per heavy atom. The molecule has 3 aromatic rings. The average molecular weight is 460 g/mol. The van der Waals surface area contributed by atoms with Gasteiger partial charge < -0.3 is 10.2 Å². The number of aryl methyl sites for hydroxylation is 1. The van der Waals surface area contributed by atoms with Crippen molar-refractivity contribution in [2.45, 2.75) is 32.0 Å². The number of anilines is 2. The summed E-state index contributed by atoms with van der Waals surface area (Å²) in [5.41, 5.74) is 1.63. The number of amides is 3. The highest BCUT2D eigenvalue weighted by Gasteiger charge is 2.60. The zero-order chi connectivity index (χ0) is 23.2. The third-order valence-corrected chi connectivity index (χ3v) is 6.61. The first kappa shape index (κ1) is 21.2. The lowest BCUT2D eigenvalue weighted by Crippen LogP contribution is -2.69. The summed E-state index contributed by atoms with van der Waals surface area (Å²) in [6.45, 7) is 2.10. The minimum atomic E-state index is -1.49. The zero-order valence-electron chi connectivity index (χ0n) is 18.0. The van der Waals surface area contributed by atoms with Crippen LogP contribution in [-0.4, -0.2) is 28.3 Å². The zero-order valence-corrected chi connectivity index (χ0v) is 18.8. The summed E-state index contributed by atoms with van der Waals surface area (Å²) in [6.07, 6.45) is 0.343. The molecule has 33 heavy (non-hydrogen) atoms. The van der Waals surface area contributed by atoms with Gasteiger partial charge in [0.1, 0.15) is 0 Å². The first-order chi connectivity index (χ1) is 15.9. The number of hydrogen-bond acceptors (Lipinski definition) is 3. The summed E-state index contributed by atoms with van der Waals surface area (Å²) in [6, 6.07) is 21.7. The molecule has 5 rings (SSSR count). The second-order valence-electron chi connectivity index (χ2n) is 8.38. The molecule has 0 bridgehead atoms. The van der Waals surface area contributed by atoms with Crippen LogP contribution >= 0.6 is 11.6 Å². The van der Waals surface area contributed by atoms with Crippen LogP contribution in [0, 0.1) is 6.92 Å². The van der Waals surface area contributed by atoms with Gasteiger partial charge in [0.2, 0.25) is 11.6 Å². The Morgan fingerprint density at radius 3 is 2.52 bits per heavy atom. The van der Waals surface area contributed by atoms with Crippen molar-refractivity contribution in [1.29, 1.82) is 0 Å². The maximum atomic E-state index is 14.0.